The summed E-state index contributed by atoms with van der Waals surface area (Å²) in [4.78, 5) is 5.41. The number of sulfonamides is 1. The Labute approximate surface area is 129 Å². The molecule has 0 bridgehead atoms. The first kappa shape index (κ1) is 16.5. The molecule has 0 aliphatic rings. The van der Waals surface area contributed by atoms with E-state index in [4.69, 9.17) is 0 Å². The molecule has 1 aromatic heterocycles. The van der Waals surface area contributed by atoms with Crippen molar-refractivity contribution in [3.63, 3.8) is 0 Å². The fourth-order valence-electron chi connectivity index (χ4n) is 1.93. The Morgan fingerprint density at radius 1 is 1.14 bits per heavy atom. The van der Waals surface area contributed by atoms with E-state index >= 15 is 0 Å². The number of hydrogen-bond acceptors (Lipinski definition) is 4. The third-order valence-electron chi connectivity index (χ3n) is 2.98. The van der Waals surface area contributed by atoms with Gasteiger partial charge in [-0.2, -0.15) is 0 Å². The number of hydrogen-bond donors (Lipinski definition) is 1. The van der Waals surface area contributed by atoms with Crippen molar-refractivity contribution in [1.82, 2.24) is 14.6 Å². The van der Waals surface area contributed by atoms with E-state index in [0.717, 1.165) is 36.1 Å². The van der Waals surface area contributed by atoms with E-state index in [1.54, 1.807) is 0 Å². The normalized spacial score (nSPS) is 11.8. The lowest BCUT2D eigenvalue weighted by atomic mass is 10.1. The number of nitrogens with zero attached hydrogens (tertiary/aromatic N) is 2. The minimum Gasteiger partial charge on any atom is -0.305 e. The van der Waals surface area contributed by atoms with Crippen LogP contribution in [0.2, 0.25) is 0 Å². The van der Waals surface area contributed by atoms with Gasteiger partial charge in [0.1, 0.15) is 10.7 Å². The first-order chi connectivity index (χ1) is 10.4. The van der Waals surface area contributed by atoms with E-state index in [1.807, 2.05) is 38.4 Å². The molecular formula is C15H18FN3O2S. The second kappa shape index (κ2) is 6.95. The molecule has 0 spiro atoms. The average molecular weight is 323 g/mol. The third kappa shape index (κ3) is 4.59. The van der Waals surface area contributed by atoms with Crippen LogP contribution in [0.5, 0.6) is 0 Å². The lowest BCUT2D eigenvalue weighted by Gasteiger charge is -2.10. The first-order valence-electron chi connectivity index (χ1n) is 6.69. The number of pyridine rings is 1. The van der Waals surface area contributed by atoms with Gasteiger partial charge in [0.2, 0.25) is 10.0 Å². The van der Waals surface area contributed by atoms with Crippen molar-refractivity contribution in [3.8, 4) is 0 Å². The van der Waals surface area contributed by atoms with E-state index in [1.165, 1.54) is 0 Å². The highest BCUT2D eigenvalue weighted by Crippen LogP contribution is 2.10. The van der Waals surface area contributed by atoms with Gasteiger partial charge in [0, 0.05) is 19.3 Å². The van der Waals surface area contributed by atoms with E-state index in [-0.39, 0.29) is 11.4 Å². The Balaban J connectivity index is 2.03. The SMILES string of the molecule is CN(C)Cc1ccc(CNS(=O)(=O)c2cncc(F)c2)cc1. The molecule has 0 aliphatic carbocycles. The predicted octanol–water partition coefficient (Wildman–Crippen LogP) is 1.76. The van der Waals surface area contributed by atoms with Gasteiger partial charge in [-0.05, 0) is 31.3 Å². The number of benzene rings is 1. The molecule has 0 unspecified atom stereocenters. The van der Waals surface area contributed by atoms with E-state index < -0.39 is 15.8 Å². The molecule has 1 N–H and O–H groups in total. The van der Waals surface area contributed by atoms with Gasteiger partial charge in [0.15, 0.2) is 0 Å². The van der Waals surface area contributed by atoms with Crippen LogP contribution in [0.3, 0.4) is 0 Å². The van der Waals surface area contributed by atoms with Crippen LogP contribution >= 0.6 is 0 Å². The molecule has 0 amide bonds. The molecule has 0 atom stereocenters. The molecule has 5 nitrogen and oxygen atoms in total. The minimum absolute atomic E-state index is 0.140. The zero-order chi connectivity index (χ0) is 16.2. The van der Waals surface area contributed by atoms with Gasteiger partial charge in [-0.25, -0.2) is 17.5 Å². The van der Waals surface area contributed by atoms with E-state index in [9.17, 15) is 12.8 Å². The molecule has 1 heterocycles. The monoisotopic (exact) mass is 323 g/mol. The zero-order valence-corrected chi connectivity index (χ0v) is 13.3. The molecule has 22 heavy (non-hydrogen) atoms. The number of aromatic nitrogens is 1. The summed E-state index contributed by atoms with van der Waals surface area (Å²) in [6.07, 6.45) is 2.08. The highest BCUT2D eigenvalue weighted by atomic mass is 32.2. The summed E-state index contributed by atoms with van der Waals surface area (Å²) in [5, 5.41) is 0. The molecule has 0 saturated carbocycles. The second-order valence-corrected chi connectivity index (χ2v) is 6.98. The van der Waals surface area contributed by atoms with Crippen molar-refractivity contribution >= 4 is 10.0 Å². The van der Waals surface area contributed by atoms with Crippen LogP contribution in [0.4, 0.5) is 4.39 Å². The lowest BCUT2D eigenvalue weighted by Crippen LogP contribution is -2.23. The zero-order valence-electron chi connectivity index (χ0n) is 12.5. The lowest BCUT2D eigenvalue weighted by molar-refractivity contribution is 0.402. The maximum absolute atomic E-state index is 13.1. The van der Waals surface area contributed by atoms with Gasteiger partial charge >= 0.3 is 0 Å². The van der Waals surface area contributed by atoms with Crippen molar-refractivity contribution < 1.29 is 12.8 Å². The van der Waals surface area contributed by atoms with Crippen molar-refractivity contribution in [2.45, 2.75) is 18.0 Å². The Bertz CT molecular complexity index is 731. The van der Waals surface area contributed by atoms with Crippen LogP contribution in [0, 0.1) is 5.82 Å². The van der Waals surface area contributed by atoms with E-state index in [0.29, 0.717) is 0 Å². The van der Waals surface area contributed by atoms with Gasteiger partial charge in [-0.1, -0.05) is 24.3 Å². The summed E-state index contributed by atoms with van der Waals surface area (Å²) in [5.41, 5.74) is 1.97. The highest BCUT2D eigenvalue weighted by Gasteiger charge is 2.14. The molecular weight excluding hydrogens is 305 g/mol. The van der Waals surface area contributed by atoms with Gasteiger partial charge in [0.05, 0.1) is 6.20 Å². The Morgan fingerprint density at radius 3 is 2.36 bits per heavy atom. The maximum atomic E-state index is 13.1. The minimum atomic E-state index is -3.77. The summed E-state index contributed by atoms with van der Waals surface area (Å²) < 4.78 is 39.6. The smallest absolute Gasteiger partial charge is 0.242 e. The summed E-state index contributed by atoms with van der Waals surface area (Å²) in [6.45, 7) is 0.960. The predicted molar refractivity (Wildman–Crippen MR) is 82.1 cm³/mol. The van der Waals surface area contributed by atoms with Crippen LogP contribution in [0.25, 0.3) is 0 Å². The molecule has 0 saturated heterocycles. The highest BCUT2D eigenvalue weighted by molar-refractivity contribution is 7.89. The topological polar surface area (TPSA) is 62.3 Å². The van der Waals surface area contributed by atoms with Crippen LogP contribution in [-0.2, 0) is 23.1 Å². The molecule has 0 radical (unpaired) electrons. The number of nitrogens with one attached hydrogen (secondary N) is 1. The van der Waals surface area contributed by atoms with Gasteiger partial charge < -0.3 is 4.90 Å². The van der Waals surface area contributed by atoms with Crippen LogP contribution < -0.4 is 4.72 Å². The molecule has 2 aromatic rings. The molecule has 1 aromatic carbocycles. The quantitative estimate of drug-likeness (QED) is 0.880. The fraction of sp³-hybridized carbons (Fsp3) is 0.267. The summed E-state index contributed by atoms with van der Waals surface area (Å²) >= 11 is 0. The molecule has 0 fully saturated rings. The number of rotatable bonds is 6. The first-order valence-corrected chi connectivity index (χ1v) is 8.18. The maximum Gasteiger partial charge on any atom is 0.242 e. The average Bonchev–Trinajstić information content (AvgIpc) is 2.46. The standard InChI is InChI=1S/C15H18FN3O2S/c1-19(2)11-13-5-3-12(4-6-13)8-18-22(20,21)15-7-14(16)9-17-10-15/h3-7,9-10,18H,8,11H2,1-2H3. The van der Waals surface area contributed by atoms with Gasteiger partial charge in [0.25, 0.3) is 0 Å². The Morgan fingerprint density at radius 2 is 1.77 bits per heavy atom. The van der Waals surface area contributed by atoms with Crippen molar-refractivity contribution in [2.24, 2.45) is 0 Å². The molecule has 118 valence electrons. The Hall–Kier alpha value is -1.83. The summed E-state index contributed by atoms with van der Waals surface area (Å²) in [7, 11) is 0.192. The van der Waals surface area contributed by atoms with Gasteiger partial charge in [-0.15, -0.1) is 0 Å². The van der Waals surface area contributed by atoms with Gasteiger partial charge in [-0.3, -0.25) is 4.98 Å². The van der Waals surface area contributed by atoms with Crippen LogP contribution in [0.15, 0.2) is 47.6 Å². The van der Waals surface area contributed by atoms with Crippen LogP contribution in [0.1, 0.15) is 11.1 Å². The Kier molecular flexibility index (Phi) is 5.23. The summed E-state index contributed by atoms with van der Waals surface area (Å²) in [5.74, 6) is -0.684. The molecule has 2 rings (SSSR count). The fourth-order valence-corrected chi connectivity index (χ4v) is 2.92. The third-order valence-corrected chi connectivity index (χ3v) is 4.35. The molecule has 0 aliphatic heterocycles. The van der Waals surface area contributed by atoms with Crippen molar-refractivity contribution in [1.29, 1.82) is 0 Å². The van der Waals surface area contributed by atoms with Crippen molar-refractivity contribution in [3.05, 3.63) is 59.7 Å². The molecule has 7 heteroatoms. The summed E-state index contributed by atoms with van der Waals surface area (Å²) in [6, 6.07) is 8.58. The van der Waals surface area contributed by atoms with E-state index in [2.05, 4.69) is 14.6 Å². The van der Waals surface area contributed by atoms with Crippen molar-refractivity contribution in [2.75, 3.05) is 14.1 Å². The number of halogens is 1. The second-order valence-electron chi connectivity index (χ2n) is 5.22. The van der Waals surface area contributed by atoms with Crippen LogP contribution in [-0.4, -0.2) is 32.4 Å². The largest absolute Gasteiger partial charge is 0.305 e.